The molecule has 1 aromatic carbocycles. The summed E-state index contributed by atoms with van der Waals surface area (Å²) in [7, 11) is 0. The summed E-state index contributed by atoms with van der Waals surface area (Å²) < 4.78 is 8.06. The van der Waals surface area contributed by atoms with Crippen LogP contribution in [0.2, 0.25) is 0 Å². The highest BCUT2D eigenvalue weighted by molar-refractivity contribution is 5.77. The average molecular weight is 348 g/mol. The van der Waals surface area contributed by atoms with E-state index in [1.54, 1.807) is 30.5 Å². The van der Waals surface area contributed by atoms with Crippen LogP contribution in [0.1, 0.15) is 23.5 Å². The number of nitriles is 1. The lowest BCUT2D eigenvalue weighted by Gasteiger charge is -2.04. The first-order valence-electron chi connectivity index (χ1n) is 8.38. The van der Waals surface area contributed by atoms with Crippen LogP contribution < -0.4 is 5.69 Å². The van der Waals surface area contributed by atoms with Crippen molar-refractivity contribution in [3.05, 3.63) is 70.3 Å². The molecule has 0 bridgehead atoms. The second-order valence-corrected chi connectivity index (χ2v) is 6.29. The third-order valence-corrected chi connectivity index (χ3v) is 4.57. The standard InChI is InChI=1S/C19H16N4O3/c20-12-13-4-3-5-14(10-13)15-11-16(15)18(24)26-9-8-23-19(25)22-7-2-1-6-17(22)21-23/h1-7,10,15-16H,8-9,11H2/t15-,16-/m1/s1. The van der Waals surface area contributed by atoms with E-state index in [9.17, 15) is 9.59 Å². The Labute approximate surface area is 149 Å². The summed E-state index contributed by atoms with van der Waals surface area (Å²) in [5, 5.41) is 13.2. The molecule has 2 heterocycles. The zero-order valence-electron chi connectivity index (χ0n) is 13.9. The van der Waals surface area contributed by atoms with E-state index in [1.807, 2.05) is 18.2 Å². The van der Waals surface area contributed by atoms with Crippen molar-refractivity contribution in [2.75, 3.05) is 6.61 Å². The minimum atomic E-state index is -0.269. The van der Waals surface area contributed by atoms with Gasteiger partial charge in [-0.05, 0) is 42.2 Å². The lowest BCUT2D eigenvalue weighted by atomic mass is 10.1. The number of hydrogen-bond donors (Lipinski definition) is 0. The Kier molecular flexibility index (Phi) is 4.01. The van der Waals surface area contributed by atoms with Crippen LogP contribution in [-0.2, 0) is 16.1 Å². The average Bonchev–Trinajstić information content (AvgIpc) is 3.42. The fraction of sp³-hybridized carbons (Fsp3) is 0.263. The van der Waals surface area contributed by atoms with Gasteiger partial charge >= 0.3 is 11.7 Å². The number of aromatic nitrogens is 3. The van der Waals surface area contributed by atoms with Crippen molar-refractivity contribution in [3.8, 4) is 6.07 Å². The molecule has 2 aromatic heterocycles. The molecule has 0 N–H and O–H groups in total. The number of esters is 1. The van der Waals surface area contributed by atoms with E-state index in [-0.39, 0.29) is 36.6 Å². The molecule has 130 valence electrons. The summed E-state index contributed by atoms with van der Waals surface area (Å²) in [6.07, 6.45) is 2.37. The predicted octanol–water partition coefficient (Wildman–Crippen LogP) is 1.71. The van der Waals surface area contributed by atoms with Gasteiger partial charge in [0, 0.05) is 6.20 Å². The molecule has 1 fully saturated rings. The van der Waals surface area contributed by atoms with Crippen molar-refractivity contribution in [1.29, 1.82) is 5.26 Å². The minimum absolute atomic E-state index is 0.101. The Hall–Kier alpha value is -3.40. The van der Waals surface area contributed by atoms with Crippen LogP contribution >= 0.6 is 0 Å². The normalized spacial score (nSPS) is 18.4. The van der Waals surface area contributed by atoms with Gasteiger partial charge in [0.1, 0.15) is 6.61 Å². The molecular formula is C19H16N4O3. The number of carbonyl (C=O) groups is 1. The van der Waals surface area contributed by atoms with Gasteiger partial charge in [0.05, 0.1) is 24.1 Å². The fourth-order valence-corrected chi connectivity index (χ4v) is 3.12. The molecule has 0 unspecified atom stereocenters. The maximum Gasteiger partial charge on any atom is 0.350 e. The molecule has 7 nitrogen and oxygen atoms in total. The summed E-state index contributed by atoms with van der Waals surface area (Å²) in [6, 6.07) is 14.7. The molecule has 1 saturated carbocycles. The van der Waals surface area contributed by atoms with Crippen molar-refractivity contribution in [2.45, 2.75) is 18.9 Å². The zero-order chi connectivity index (χ0) is 18.1. The summed E-state index contributed by atoms with van der Waals surface area (Å²) in [5.41, 5.74) is 1.88. The van der Waals surface area contributed by atoms with E-state index < -0.39 is 0 Å². The number of carbonyl (C=O) groups excluding carboxylic acids is 1. The number of rotatable bonds is 5. The van der Waals surface area contributed by atoms with E-state index in [1.165, 1.54) is 9.08 Å². The maximum atomic E-state index is 12.2. The largest absolute Gasteiger partial charge is 0.463 e. The topological polar surface area (TPSA) is 89.4 Å². The fourth-order valence-electron chi connectivity index (χ4n) is 3.12. The van der Waals surface area contributed by atoms with Gasteiger partial charge in [0.2, 0.25) is 0 Å². The number of pyridine rings is 1. The molecule has 0 aliphatic heterocycles. The number of nitrogens with zero attached hydrogens (tertiary/aromatic N) is 4. The lowest BCUT2D eigenvalue weighted by Crippen LogP contribution is -2.24. The van der Waals surface area contributed by atoms with E-state index in [2.05, 4.69) is 11.2 Å². The highest BCUT2D eigenvalue weighted by atomic mass is 16.5. The van der Waals surface area contributed by atoms with E-state index in [0.717, 1.165) is 12.0 Å². The molecule has 0 radical (unpaired) electrons. The number of ether oxygens (including phenoxy) is 1. The summed E-state index contributed by atoms with van der Waals surface area (Å²) in [6.45, 7) is 0.317. The minimum Gasteiger partial charge on any atom is -0.463 e. The second kappa shape index (κ2) is 6.48. The Morgan fingerprint density at radius 3 is 3.00 bits per heavy atom. The molecule has 0 saturated heterocycles. The van der Waals surface area contributed by atoms with Crippen molar-refractivity contribution >= 4 is 11.6 Å². The van der Waals surface area contributed by atoms with Gasteiger partial charge in [0.25, 0.3) is 0 Å². The van der Waals surface area contributed by atoms with E-state index in [4.69, 9.17) is 10.00 Å². The molecule has 26 heavy (non-hydrogen) atoms. The van der Waals surface area contributed by atoms with E-state index >= 15 is 0 Å². The lowest BCUT2D eigenvalue weighted by molar-refractivity contribution is -0.145. The Balaban J connectivity index is 1.34. The Morgan fingerprint density at radius 2 is 2.19 bits per heavy atom. The van der Waals surface area contributed by atoms with E-state index in [0.29, 0.717) is 11.2 Å². The first-order chi connectivity index (χ1) is 12.7. The molecule has 7 heteroatoms. The smallest absolute Gasteiger partial charge is 0.350 e. The number of fused-ring (bicyclic) bond motifs is 1. The highest BCUT2D eigenvalue weighted by Crippen LogP contribution is 2.48. The van der Waals surface area contributed by atoms with Gasteiger partial charge in [0.15, 0.2) is 5.65 Å². The number of benzene rings is 1. The number of hydrogen-bond acceptors (Lipinski definition) is 5. The zero-order valence-corrected chi connectivity index (χ0v) is 13.9. The Morgan fingerprint density at radius 1 is 1.31 bits per heavy atom. The summed E-state index contributed by atoms with van der Waals surface area (Å²) in [4.78, 5) is 24.3. The quantitative estimate of drug-likeness (QED) is 0.655. The molecule has 1 aliphatic rings. The van der Waals surface area contributed by atoms with Crippen molar-refractivity contribution in [1.82, 2.24) is 14.2 Å². The highest BCUT2D eigenvalue weighted by Gasteiger charge is 2.45. The third-order valence-electron chi connectivity index (χ3n) is 4.57. The summed E-state index contributed by atoms with van der Waals surface area (Å²) >= 11 is 0. The van der Waals surface area contributed by atoms with Crippen LogP contribution in [-0.4, -0.2) is 26.8 Å². The maximum absolute atomic E-state index is 12.2. The van der Waals surface area contributed by atoms with Gasteiger partial charge in [-0.25, -0.2) is 9.48 Å². The molecule has 4 rings (SSSR count). The van der Waals surface area contributed by atoms with Crippen molar-refractivity contribution in [2.24, 2.45) is 5.92 Å². The van der Waals surface area contributed by atoms with Crippen LogP contribution in [0.4, 0.5) is 0 Å². The first kappa shape index (κ1) is 16.1. The molecule has 2 atom stereocenters. The molecule has 0 amide bonds. The van der Waals surface area contributed by atoms with Crippen molar-refractivity contribution in [3.63, 3.8) is 0 Å². The molecule has 3 aromatic rings. The van der Waals surface area contributed by atoms with Gasteiger partial charge in [-0.15, -0.1) is 5.10 Å². The molecular weight excluding hydrogens is 332 g/mol. The van der Waals surface area contributed by atoms with Gasteiger partial charge in [-0.3, -0.25) is 9.20 Å². The van der Waals surface area contributed by atoms with Gasteiger partial charge < -0.3 is 4.74 Å². The third kappa shape index (κ3) is 2.97. The van der Waals surface area contributed by atoms with Crippen LogP contribution in [0.25, 0.3) is 5.65 Å². The first-order valence-corrected chi connectivity index (χ1v) is 8.38. The van der Waals surface area contributed by atoms with Crippen LogP contribution in [0.15, 0.2) is 53.5 Å². The molecule has 1 aliphatic carbocycles. The van der Waals surface area contributed by atoms with Crippen molar-refractivity contribution < 1.29 is 9.53 Å². The van der Waals surface area contributed by atoms with Crippen LogP contribution in [0.3, 0.4) is 0 Å². The Bertz CT molecular complexity index is 1080. The summed E-state index contributed by atoms with van der Waals surface area (Å²) in [5.74, 6) is -0.343. The second-order valence-electron chi connectivity index (χ2n) is 6.29. The van der Waals surface area contributed by atoms with Gasteiger partial charge in [-0.1, -0.05) is 18.2 Å². The predicted molar refractivity (Wildman–Crippen MR) is 92.4 cm³/mol. The molecule has 0 spiro atoms. The van der Waals surface area contributed by atoms with Crippen LogP contribution in [0.5, 0.6) is 0 Å². The van der Waals surface area contributed by atoms with Crippen LogP contribution in [0, 0.1) is 17.2 Å². The van der Waals surface area contributed by atoms with Gasteiger partial charge in [-0.2, -0.15) is 5.26 Å². The monoisotopic (exact) mass is 348 g/mol. The SMILES string of the molecule is N#Cc1cccc([C@H]2C[C@H]2C(=O)OCCn2nc3ccccn3c2=O)c1.